The SMILES string of the molecule is CCCCCCCC(C)(CCCCCCC)N1CNC1. The highest BCUT2D eigenvalue weighted by Crippen LogP contribution is 2.30. The first-order valence-electron chi connectivity index (χ1n) is 9.18. The lowest BCUT2D eigenvalue weighted by atomic mass is 9.86. The predicted molar refractivity (Wildman–Crippen MR) is 89.9 cm³/mol. The highest BCUT2D eigenvalue weighted by atomic mass is 15.4. The van der Waals surface area contributed by atoms with E-state index in [0.717, 1.165) is 13.3 Å². The number of rotatable bonds is 13. The normalized spacial score (nSPS) is 16.4. The second-order valence-electron chi connectivity index (χ2n) is 6.93. The smallest absolute Gasteiger partial charge is 0.0508 e. The highest BCUT2D eigenvalue weighted by molar-refractivity contribution is 4.88. The van der Waals surface area contributed by atoms with Crippen molar-refractivity contribution < 1.29 is 0 Å². The Labute approximate surface area is 127 Å². The van der Waals surface area contributed by atoms with E-state index in [9.17, 15) is 0 Å². The van der Waals surface area contributed by atoms with Crippen molar-refractivity contribution in [3.05, 3.63) is 0 Å². The van der Waals surface area contributed by atoms with Gasteiger partial charge in [-0.05, 0) is 19.8 Å². The van der Waals surface area contributed by atoms with Crippen LogP contribution in [0.3, 0.4) is 0 Å². The highest BCUT2D eigenvalue weighted by Gasteiger charge is 2.33. The molecular weight excluding hydrogens is 244 g/mol. The van der Waals surface area contributed by atoms with Crippen molar-refractivity contribution in [3.8, 4) is 0 Å². The fourth-order valence-electron chi connectivity index (χ4n) is 3.27. The maximum absolute atomic E-state index is 3.41. The Bertz CT molecular complexity index is 209. The molecule has 0 aromatic carbocycles. The summed E-state index contributed by atoms with van der Waals surface area (Å²) in [5.74, 6) is 0. The number of hydrogen-bond donors (Lipinski definition) is 1. The van der Waals surface area contributed by atoms with Crippen LogP contribution in [0.4, 0.5) is 0 Å². The Hall–Kier alpha value is -0.0800. The van der Waals surface area contributed by atoms with Gasteiger partial charge in [-0.2, -0.15) is 0 Å². The topological polar surface area (TPSA) is 15.3 Å². The molecule has 2 nitrogen and oxygen atoms in total. The molecule has 0 aromatic rings. The van der Waals surface area contributed by atoms with Crippen molar-refractivity contribution in [2.45, 2.75) is 103 Å². The van der Waals surface area contributed by atoms with Crippen molar-refractivity contribution in [1.29, 1.82) is 0 Å². The van der Waals surface area contributed by atoms with Crippen LogP contribution in [0, 0.1) is 0 Å². The molecule has 0 bridgehead atoms. The molecule has 0 radical (unpaired) electrons. The molecule has 0 saturated carbocycles. The van der Waals surface area contributed by atoms with Crippen LogP contribution in [0.25, 0.3) is 0 Å². The summed E-state index contributed by atoms with van der Waals surface area (Å²) in [7, 11) is 0. The van der Waals surface area contributed by atoms with Gasteiger partial charge in [0.15, 0.2) is 0 Å². The van der Waals surface area contributed by atoms with E-state index < -0.39 is 0 Å². The summed E-state index contributed by atoms with van der Waals surface area (Å²) in [5, 5.41) is 3.41. The van der Waals surface area contributed by atoms with Crippen LogP contribution in [-0.2, 0) is 0 Å². The molecule has 1 rings (SSSR count). The van der Waals surface area contributed by atoms with Gasteiger partial charge in [0.1, 0.15) is 0 Å². The standard InChI is InChI=1S/C18H38N2/c1-4-6-8-10-12-14-18(3,20-16-19-17-20)15-13-11-9-7-5-2/h19H,4-17H2,1-3H3. The van der Waals surface area contributed by atoms with Gasteiger partial charge < -0.3 is 0 Å². The van der Waals surface area contributed by atoms with Crippen LogP contribution in [0.15, 0.2) is 0 Å². The molecule has 1 fully saturated rings. The zero-order valence-corrected chi connectivity index (χ0v) is 14.3. The molecule has 0 spiro atoms. The number of hydrogen-bond acceptors (Lipinski definition) is 2. The quantitative estimate of drug-likeness (QED) is 0.462. The predicted octanol–water partition coefficient (Wildman–Crippen LogP) is 5.29. The molecule has 2 heteroatoms. The van der Waals surface area contributed by atoms with Gasteiger partial charge in [0.2, 0.25) is 0 Å². The van der Waals surface area contributed by atoms with Crippen molar-refractivity contribution in [3.63, 3.8) is 0 Å². The second kappa shape index (κ2) is 10.6. The van der Waals surface area contributed by atoms with Crippen LogP contribution >= 0.6 is 0 Å². The Balaban J connectivity index is 2.22. The van der Waals surface area contributed by atoms with Gasteiger partial charge in [0.05, 0.1) is 13.3 Å². The molecule has 1 aliphatic rings. The van der Waals surface area contributed by atoms with E-state index in [1.807, 2.05) is 0 Å². The van der Waals surface area contributed by atoms with E-state index >= 15 is 0 Å². The van der Waals surface area contributed by atoms with E-state index in [0.29, 0.717) is 5.54 Å². The number of unbranched alkanes of at least 4 members (excludes halogenated alkanes) is 8. The fourth-order valence-corrected chi connectivity index (χ4v) is 3.27. The molecule has 120 valence electrons. The van der Waals surface area contributed by atoms with E-state index in [4.69, 9.17) is 0 Å². The Morgan fingerprint density at radius 3 is 1.55 bits per heavy atom. The lowest BCUT2D eigenvalue weighted by molar-refractivity contribution is 0.000636. The summed E-state index contributed by atoms with van der Waals surface area (Å²) in [5.41, 5.74) is 0.462. The summed E-state index contributed by atoms with van der Waals surface area (Å²) in [6.45, 7) is 9.33. The lowest BCUT2D eigenvalue weighted by Crippen LogP contribution is -2.62. The van der Waals surface area contributed by atoms with Crippen LogP contribution in [0.5, 0.6) is 0 Å². The van der Waals surface area contributed by atoms with Crippen LogP contribution in [-0.4, -0.2) is 23.8 Å². The van der Waals surface area contributed by atoms with E-state index in [1.54, 1.807) is 0 Å². The minimum Gasteiger partial charge on any atom is -0.291 e. The molecule has 0 aliphatic carbocycles. The maximum Gasteiger partial charge on any atom is 0.0508 e. The molecule has 1 saturated heterocycles. The van der Waals surface area contributed by atoms with E-state index in [1.165, 1.54) is 77.0 Å². The molecule has 0 aromatic heterocycles. The zero-order chi connectivity index (χ0) is 14.7. The summed E-state index contributed by atoms with van der Waals surface area (Å²) in [6, 6.07) is 0. The third-order valence-corrected chi connectivity index (χ3v) is 5.01. The molecule has 0 unspecified atom stereocenters. The average molecular weight is 283 g/mol. The first kappa shape index (κ1) is 18.0. The van der Waals surface area contributed by atoms with Gasteiger partial charge in [-0.15, -0.1) is 0 Å². The summed E-state index contributed by atoms with van der Waals surface area (Å²) in [6.07, 6.45) is 16.9. The first-order chi connectivity index (χ1) is 9.73. The average Bonchev–Trinajstić information content (AvgIpc) is 2.36. The first-order valence-corrected chi connectivity index (χ1v) is 9.18. The largest absolute Gasteiger partial charge is 0.291 e. The Morgan fingerprint density at radius 2 is 1.20 bits per heavy atom. The Kier molecular flexibility index (Phi) is 9.54. The zero-order valence-electron chi connectivity index (χ0n) is 14.3. The lowest BCUT2D eigenvalue weighted by Gasteiger charge is -2.47. The van der Waals surface area contributed by atoms with Gasteiger partial charge in [-0.25, -0.2) is 0 Å². The van der Waals surface area contributed by atoms with Crippen LogP contribution in [0.2, 0.25) is 0 Å². The molecular formula is C18H38N2. The van der Waals surface area contributed by atoms with Gasteiger partial charge in [-0.3, -0.25) is 10.2 Å². The van der Waals surface area contributed by atoms with Crippen molar-refractivity contribution >= 4 is 0 Å². The molecule has 0 amide bonds. The third kappa shape index (κ3) is 6.58. The minimum absolute atomic E-state index is 0.462. The number of nitrogens with zero attached hydrogens (tertiary/aromatic N) is 1. The summed E-state index contributed by atoms with van der Waals surface area (Å²) < 4.78 is 0. The van der Waals surface area contributed by atoms with Crippen molar-refractivity contribution in [2.75, 3.05) is 13.3 Å². The molecule has 20 heavy (non-hydrogen) atoms. The monoisotopic (exact) mass is 282 g/mol. The van der Waals surface area contributed by atoms with Gasteiger partial charge in [0, 0.05) is 5.54 Å². The van der Waals surface area contributed by atoms with E-state index in [-0.39, 0.29) is 0 Å². The minimum atomic E-state index is 0.462. The summed E-state index contributed by atoms with van der Waals surface area (Å²) in [4.78, 5) is 2.66. The molecule has 1 aliphatic heterocycles. The van der Waals surface area contributed by atoms with Crippen molar-refractivity contribution in [2.24, 2.45) is 0 Å². The molecule has 0 atom stereocenters. The molecule has 1 heterocycles. The second-order valence-corrected chi connectivity index (χ2v) is 6.93. The van der Waals surface area contributed by atoms with Crippen molar-refractivity contribution in [1.82, 2.24) is 10.2 Å². The van der Waals surface area contributed by atoms with Crippen LogP contribution in [0.1, 0.15) is 97.8 Å². The van der Waals surface area contributed by atoms with Gasteiger partial charge in [-0.1, -0.05) is 78.1 Å². The summed E-state index contributed by atoms with van der Waals surface area (Å²) >= 11 is 0. The Morgan fingerprint density at radius 1 is 0.750 bits per heavy atom. The van der Waals surface area contributed by atoms with E-state index in [2.05, 4.69) is 31.0 Å². The van der Waals surface area contributed by atoms with Gasteiger partial charge >= 0.3 is 0 Å². The molecule has 1 N–H and O–H groups in total. The maximum atomic E-state index is 3.41. The third-order valence-electron chi connectivity index (χ3n) is 5.01. The van der Waals surface area contributed by atoms with Crippen LogP contribution < -0.4 is 5.32 Å². The number of nitrogens with one attached hydrogen (secondary N) is 1. The van der Waals surface area contributed by atoms with Gasteiger partial charge in [0.25, 0.3) is 0 Å². The fraction of sp³-hybridized carbons (Fsp3) is 1.00.